The molecule has 0 unspecified atom stereocenters. The molecule has 0 aliphatic heterocycles. The van der Waals surface area contributed by atoms with Gasteiger partial charge < -0.3 is 5.11 Å². The summed E-state index contributed by atoms with van der Waals surface area (Å²) in [4.78, 5) is 11.2. The Labute approximate surface area is 95.0 Å². The first-order chi connectivity index (χ1) is 7.06. The van der Waals surface area contributed by atoms with Crippen LogP contribution in [-0.2, 0) is 0 Å². The number of ketones is 1. The van der Waals surface area contributed by atoms with E-state index >= 15 is 0 Å². The number of carbonyl (C=O) groups is 1. The number of benzene rings is 1. The van der Waals surface area contributed by atoms with E-state index in [2.05, 4.69) is 12.6 Å². The summed E-state index contributed by atoms with van der Waals surface area (Å²) in [6, 6.07) is 3.31. The summed E-state index contributed by atoms with van der Waals surface area (Å²) >= 11 is 4.06. The molecule has 0 aromatic heterocycles. The highest BCUT2D eigenvalue weighted by atomic mass is 32.1. The number of phenolic OH excluding ortho intramolecular Hbond substituents is 1. The zero-order valence-electron chi connectivity index (χ0n) is 8.82. The second-order valence-corrected chi connectivity index (χ2v) is 3.73. The molecule has 0 amide bonds. The van der Waals surface area contributed by atoms with Crippen LogP contribution >= 0.6 is 12.6 Å². The molecule has 0 fully saturated rings. The molecule has 3 heteroatoms. The van der Waals surface area contributed by atoms with Crippen LogP contribution < -0.4 is 0 Å². The fourth-order valence-corrected chi connectivity index (χ4v) is 1.46. The maximum absolute atomic E-state index is 11.2. The van der Waals surface area contributed by atoms with Crippen molar-refractivity contribution in [3.8, 4) is 5.75 Å². The van der Waals surface area contributed by atoms with Gasteiger partial charge >= 0.3 is 0 Å². The third kappa shape index (κ3) is 2.86. The summed E-state index contributed by atoms with van der Waals surface area (Å²) < 4.78 is 0. The highest BCUT2D eigenvalue weighted by Gasteiger charge is 2.08. The van der Waals surface area contributed by atoms with E-state index in [0.29, 0.717) is 11.3 Å². The van der Waals surface area contributed by atoms with Gasteiger partial charge in [-0.1, -0.05) is 12.2 Å². The molecule has 1 aromatic rings. The summed E-state index contributed by atoms with van der Waals surface area (Å²) in [5.74, 6) is 0.557. The summed E-state index contributed by atoms with van der Waals surface area (Å²) in [6.45, 7) is 3.35. The van der Waals surface area contributed by atoms with Crippen molar-refractivity contribution in [3.05, 3.63) is 34.9 Å². The lowest BCUT2D eigenvalue weighted by Gasteiger charge is -2.05. The van der Waals surface area contributed by atoms with Crippen molar-refractivity contribution in [2.24, 2.45) is 0 Å². The molecule has 15 heavy (non-hydrogen) atoms. The summed E-state index contributed by atoms with van der Waals surface area (Å²) in [5, 5.41) is 9.61. The molecule has 0 atom stereocenters. The fraction of sp³-hybridized carbons (Fsp3) is 0.250. The molecule has 0 saturated carbocycles. The minimum absolute atomic E-state index is 0.0342. The average molecular weight is 222 g/mol. The predicted molar refractivity (Wildman–Crippen MR) is 65.7 cm³/mol. The van der Waals surface area contributed by atoms with Crippen molar-refractivity contribution in [1.82, 2.24) is 0 Å². The van der Waals surface area contributed by atoms with Crippen LogP contribution in [0, 0.1) is 6.92 Å². The molecule has 0 radical (unpaired) electrons. The van der Waals surface area contributed by atoms with Gasteiger partial charge in [-0.25, -0.2) is 0 Å². The van der Waals surface area contributed by atoms with Gasteiger partial charge in [-0.3, -0.25) is 4.79 Å². The lowest BCUT2D eigenvalue weighted by atomic mass is 10.0. The lowest BCUT2D eigenvalue weighted by molar-refractivity contribution is 0.101. The van der Waals surface area contributed by atoms with Crippen LogP contribution in [0.15, 0.2) is 18.2 Å². The van der Waals surface area contributed by atoms with Crippen molar-refractivity contribution >= 4 is 24.5 Å². The minimum Gasteiger partial charge on any atom is -0.507 e. The molecule has 0 heterocycles. The topological polar surface area (TPSA) is 37.3 Å². The smallest absolute Gasteiger partial charge is 0.163 e. The number of carbonyl (C=O) groups excluding carboxylic acids is 1. The number of phenols is 1. The van der Waals surface area contributed by atoms with Gasteiger partial charge in [0.2, 0.25) is 0 Å². The van der Waals surface area contributed by atoms with Crippen LogP contribution in [0.4, 0.5) is 0 Å². The number of Topliss-reactive ketones (excluding diaryl/α,β-unsaturated/α-hetero) is 1. The van der Waals surface area contributed by atoms with Crippen molar-refractivity contribution in [2.45, 2.75) is 13.8 Å². The molecule has 1 aromatic carbocycles. The van der Waals surface area contributed by atoms with E-state index in [-0.39, 0.29) is 11.5 Å². The zero-order chi connectivity index (χ0) is 11.4. The first kappa shape index (κ1) is 11.9. The van der Waals surface area contributed by atoms with Gasteiger partial charge in [-0.15, -0.1) is 0 Å². The van der Waals surface area contributed by atoms with E-state index in [1.165, 1.54) is 6.92 Å². The number of aromatic hydroxyl groups is 1. The summed E-state index contributed by atoms with van der Waals surface area (Å²) in [6.07, 6.45) is 3.77. The number of hydrogen-bond acceptors (Lipinski definition) is 3. The molecule has 80 valence electrons. The fourth-order valence-electron chi connectivity index (χ4n) is 1.35. The lowest BCUT2D eigenvalue weighted by Crippen LogP contribution is -1.95. The molecule has 0 spiro atoms. The van der Waals surface area contributed by atoms with Gasteiger partial charge in [0.05, 0.1) is 5.56 Å². The monoisotopic (exact) mass is 222 g/mol. The summed E-state index contributed by atoms with van der Waals surface area (Å²) in [7, 11) is 0. The molecule has 0 aliphatic carbocycles. The zero-order valence-corrected chi connectivity index (χ0v) is 9.71. The van der Waals surface area contributed by atoms with Gasteiger partial charge in [0.15, 0.2) is 5.78 Å². The standard InChI is InChI=1S/C12H14O2S/c1-8-6-11(9(2)13)12(14)7-10(8)4-3-5-15/h3-4,6-7,14-15H,5H2,1-2H3. The largest absolute Gasteiger partial charge is 0.507 e. The SMILES string of the molecule is CC(=O)c1cc(C)c(C=CCS)cc1O. The van der Waals surface area contributed by atoms with E-state index in [4.69, 9.17) is 0 Å². The molecule has 2 nitrogen and oxygen atoms in total. The van der Waals surface area contributed by atoms with E-state index in [1.807, 2.05) is 19.1 Å². The molecule has 0 bridgehead atoms. The van der Waals surface area contributed by atoms with Crippen LogP contribution in [0.2, 0.25) is 0 Å². The first-order valence-electron chi connectivity index (χ1n) is 4.68. The first-order valence-corrected chi connectivity index (χ1v) is 5.31. The second kappa shape index (κ2) is 5.03. The third-order valence-corrected chi connectivity index (χ3v) is 2.38. The van der Waals surface area contributed by atoms with Crippen molar-refractivity contribution in [2.75, 3.05) is 5.75 Å². The van der Waals surface area contributed by atoms with Gasteiger partial charge in [0, 0.05) is 5.75 Å². The number of rotatable bonds is 3. The number of thiol groups is 1. The Kier molecular flexibility index (Phi) is 3.97. The normalized spacial score (nSPS) is 10.9. The molecular formula is C12H14O2S. The Morgan fingerprint density at radius 2 is 2.20 bits per heavy atom. The van der Waals surface area contributed by atoms with Crippen molar-refractivity contribution in [1.29, 1.82) is 0 Å². The Bertz CT molecular complexity index is 408. The van der Waals surface area contributed by atoms with E-state index in [0.717, 1.165) is 11.1 Å². The van der Waals surface area contributed by atoms with Gasteiger partial charge in [0.25, 0.3) is 0 Å². The van der Waals surface area contributed by atoms with Crippen molar-refractivity contribution < 1.29 is 9.90 Å². The third-order valence-electron chi connectivity index (χ3n) is 2.17. The Morgan fingerprint density at radius 1 is 1.53 bits per heavy atom. The van der Waals surface area contributed by atoms with Gasteiger partial charge in [-0.05, 0) is 37.1 Å². The van der Waals surface area contributed by atoms with Crippen LogP contribution in [0.3, 0.4) is 0 Å². The quantitative estimate of drug-likeness (QED) is 0.609. The minimum atomic E-state index is -0.125. The molecule has 1 N–H and O–H groups in total. The second-order valence-electron chi connectivity index (χ2n) is 3.37. The maximum Gasteiger partial charge on any atom is 0.163 e. The van der Waals surface area contributed by atoms with Crippen LogP contribution in [0.25, 0.3) is 6.08 Å². The van der Waals surface area contributed by atoms with E-state index < -0.39 is 0 Å². The molecule has 0 saturated heterocycles. The average Bonchev–Trinajstić information content (AvgIpc) is 2.18. The van der Waals surface area contributed by atoms with Crippen LogP contribution in [0.5, 0.6) is 5.75 Å². The van der Waals surface area contributed by atoms with Gasteiger partial charge in [-0.2, -0.15) is 12.6 Å². The van der Waals surface area contributed by atoms with Crippen LogP contribution in [-0.4, -0.2) is 16.6 Å². The Balaban J connectivity index is 3.19. The van der Waals surface area contributed by atoms with E-state index in [9.17, 15) is 9.90 Å². The molecule has 0 aliphatic rings. The molecular weight excluding hydrogens is 208 g/mol. The van der Waals surface area contributed by atoms with Crippen molar-refractivity contribution in [3.63, 3.8) is 0 Å². The number of aryl methyl sites for hydroxylation is 1. The Morgan fingerprint density at radius 3 is 2.73 bits per heavy atom. The van der Waals surface area contributed by atoms with E-state index in [1.54, 1.807) is 12.1 Å². The number of hydrogen-bond donors (Lipinski definition) is 2. The molecule has 1 rings (SSSR count). The summed E-state index contributed by atoms with van der Waals surface area (Å²) in [5.41, 5.74) is 2.25. The predicted octanol–water partition coefficient (Wildman–Crippen LogP) is 2.85. The maximum atomic E-state index is 11.2. The Hall–Kier alpha value is -1.22. The highest BCUT2D eigenvalue weighted by molar-refractivity contribution is 7.80. The van der Waals surface area contributed by atoms with Crippen LogP contribution in [0.1, 0.15) is 28.4 Å². The highest BCUT2D eigenvalue weighted by Crippen LogP contribution is 2.23. The van der Waals surface area contributed by atoms with Gasteiger partial charge in [0.1, 0.15) is 5.75 Å².